The number of carbonyl (C=O) groups excluding carboxylic acids is 1. The van der Waals surface area contributed by atoms with Crippen LogP contribution in [0.15, 0.2) is 36.5 Å². The van der Waals surface area contributed by atoms with Crippen molar-refractivity contribution in [1.29, 1.82) is 0 Å². The van der Waals surface area contributed by atoms with Crippen LogP contribution in [0.3, 0.4) is 0 Å². The van der Waals surface area contributed by atoms with E-state index in [0.29, 0.717) is 29.9 Å². The summed E-state index contributed by atoms with van der Waals surface area (Å²) in [6.07, 6.45) is 1.73. The Morgan fingerprint density at radius 1 is 1.16 bits per heavy atom. The lowest BCUT2D eigenvalue weighted by Crippen LogP contribution is -2.50. The summed E-state index contributed by atoms with van der Waals surface area (Å²) < 4.78 is 0. The average molecular weight is 360 g/mol. The van der Waals surface area contributed by atoms with Crippen molar-refractivity contribution in [2.75, 3.05) is 36.4 Å². The molecule has 0 radical (unpaired) electrons. The third-order valence-electron chi connectivity index (χ3n) is 4.15. The van der Waals surface area contributed by atoms with Crippen LogP contribution in [0.2, 0.25) is 5.02 Å². The molecule has 1 saturated heterocycles. The summed E-state index contributed by atoms with van der Waals surface area (Å²) in [5, 5.41) is 3.86. The highest BCUT2D eigenvalue weighted by atomic mass is 35.5. The van der Waals surface area contributed by atoms with E-state index in [4.69, 9.17) is 11.6 Å². The van der Waals surface area contributed by atoms with Crippen molar-refractivity contribution in [3.63, 3.8) is 0 Å². The van der Waals surface area contributed by atoms with Gasteiger partial charge in [-0.25, -0.2) is 4.98 Å². The molecule has 1 aromatic heterocycles. The lowest BCUT2D eigenvalue weighted by molar-refractivity contribution is -0.134. The molecule has 2 heterocycles. The smallest absolute Gasteiger partial charge is 0.227 e. The van der Waals surface area contributed by atoms with Crippen molar-refractivity contribution >= 4 is 35.0 Å². The number of para-hydroxylation sites is 1. The highest BCUT2D eigenvalue weighted by molar-refractivity contribution is 6.33. The molecule has 0 saturated carbocycles. The van der Waals surface area contributed by atoms with Crippen LogP contribution >= 0.6 is 11.6 Å². The van der Waals surface area contributed by atoms with E-state index < -0.39 is 0 Å². The van der Waals surface area contributed by atoms with E-state index in [-0.39, 0.29) is 11.8 Å². The van der Waals surface area contributed by atoms with Crippen LogP contribution in [0.4, 0.5) is 17.5 Å². The maximum atomic E-state index is 12.1. The van der Waals surface area contributed by atoms with Crippen LogP contribution in [0.1, 0.15) is 13.8 Å². The first-order valence-electron chi connectivity index (χ1n) is 8.43. The number of hydrogen-bond donors (Lipinski definition) is 1. The monoisotopic (exact) mass is 359 g/mol. The minimum Gasteiger partial charge on any atom is -0.339 e. The van der Waals surface area contributed by atoms with E-state index >= 15 is 0 Å². The first-order chi connectivity index (χ1) is 12.0. The Balaban J connectivity index is 1.67. The maximum absolute atomic E-state index is 12.1. The van der Waals surface area contributed by atoms with E-state index in [0.717, 1.165) is 18.8 Å². The number of nitrogens with zero attached hydrogens (tertiary/aromatic N) is 4. The SMILES string of the molecule is CC(C)C(=O)N1CCN(c2nccc(Nc3ccccc3Cl)n2)CC1. The number of amides is 1. The van der Waals surface area contributed by atoms with Crippen LogP contribution in [0.5, 0.6) is 0 Å². The predicted octanol–water partition coefficient (Wildman–Crippen LogP) is 3.18. The van der Waals surface area contributed by atoms with Crippen LogP contribution < -0.4 is 10.2 Å². The molecule has 6 nitrogen and oxygen atoms in total. The number of halogens is 1. The van der Waals surface area contributed by atoms with Gasteiger partial charge in [-0.3, -0.25) is 4.79 Å². The van der Waals surface area contributed by atoms with Gasteiger partial charge in [0.2, 0.25) is 11.9 Å². The van der Waals surface area contributed by atoms with Crippen molar-refractivity contribution in [3.8, 4) is 0 Å². The van der Waals surface area contributed by atoms with E-state index in [1.807, 2.05) is 49.1 Å². The Labute approximate surface area is 152 Å². The minimum atomic E-state index is 0.0333. The number of piperazine rings is 1. The number of aromatic nitrogens is 2. The lowest BCUT2D eigenvalue weighted by atomic mass is 10.1. The highest BCUT2D eigenvalue weighted by Crippen LogP contribution is 2.24. The molecule has 1 aromatic carbocycles. The van der Waals surface area contributed by atoms with Gasteiger partial charge in [0.15, 0.2) is 0 Å². The van der Waals surface area contributed by atoms with Crippen molar-refractivity contribution < 1.29 is 4.79 Å². The molecule has 0 aliphatic carbocycles. The third kappa shape index (κ3) is 4.20. The zero-order valence-electron chi connectivity index (χ0n) is 14.4. The highest BCUT2D eigenvalue weighted by Gasteiger charge is 2.24. The Kier molecular flexibility index (Phi) is 5.38. The Morgan fingerprint density at radius 3 is 2.56 bits per heavy atom. The fourth-order valence-electron chi connectivity index (χ4n) is 2.76. The van der Waals surface area contributed by atoms with Crippen LogP contribution in [-0.2, 0) is 4.79 Å². The molecule has 1 amide bonds. The molecular weight excluding hydrogens is 338 g/mol. The third-order valence-corrected chi connectivity index (χ3v) is 4.48. The summed E-state index contributed by atoms with van der Waals surface area (Å²) in [6.45, 7) is 6.72. The molecule has 0 atom stereocenters. The second kappa shape index (κ2) is 7.70. The van der Waals surface area contributed by atoms with Gasteiger partial charge in [-0.15, -0.1) is 0 Å². The molecule has 1 N–H and O–H groups in total. The largest absolute Gasteiger partial charge is 0.339 e. The van der Waals surface area contributed by atoms with Crippen LogP contribution in [-0.4, -0.2) is 47.0 Å². The van der Waals surface area contributed by atoms with Gasteiger partial charge in [-0.1, -0.05) is 37.6 Å². The molecular formula is C18H22ClN5O. The number of hydrogen-bond acceptors (Lipinski definition) is 5. The van der Waals surface area contributed by atoms with Gasteiger partial charge in [-0.05, 0) is 18.2 Å². The van der Waals surface area contributed by atoms with Gasteiger partial charge >= 0.3 is 0 Å². The van der Waals surface area contributed by atoms with Crippen molar-refractivity contribution in [2.45, 2.75) is 13.8 Å². The second-order valence-electron chi connectivity index (χ2n) is 6.31. The number of rotatable bonds is 4. The summed E-state index contributed by atoms with van der Waals surface area (Å²) in [7, 11) is 0. The van der Waals surface area contributed by atoms with Crippen molar-refractivity contribution in [1.82, 2.24) is 14.9 Å². The number of benzene rings is 1. The molecule has 0 spiro atoms. The zero-order valence-corrected chi connectivity index (χ0v) is 15.2. The Bertz CT molecular complexity index is 744. The first kappa shape index (κ1) is 17.5. The quantitative estimate of drug-likeness (QED) is 0.908. The standard InChI is InChI=1S/C18H22ClN5O/c1-13(2)17(25)23-9-11-24(12-10-23)18-20-8-7-16(22-18)21-15-6-4-3-5-14(15)19/h3-8,13H,9-12H2,1-2H3,(H,20,21,22). The van der Waals surface area contributed by atoms with E-state index in [1.165, 1.54) is 0 Å². The molecule has 1 aliphatic rings. The molecule has 1 aliphatic heterocycles. The lowest BCUT2D eigenvalue weighted by Gasteiger charge is -2.35. The predicted molar refractivity (Wildman–Crippen MR) is 100 cm³/mol. The molecule has 7 heteroatoms. The van der Waals surface area contributed by atoms with Gasteiger partial charge in [0.05, 0.1) is 10.7 Å². The summed E-state index contributed by atoms with van der Waals surface area (Å²) in [5.74, 6) is 1.59. The molecule has 0 unspecified atom stereocenters. The topological polar surface area (TPSA) is 61.4 Å². The van der Waals surface area contributed by atoms with Crippen molar-refractivity contribution in [3.05, 3.63) is 41.6 Å². The minimum absolute atomic E-state index is 0.0333. The fourth-order valence-corrected chi connectivity index (χ4v) is 2.95. The summed E-state index contributed by atoms with van der Waals surface area (Å²) in [4.78, 5) is 25.0. The summed E-state index contributed by atoms with van der Waals surface area (Å²) >= 11 is 6.18. The molecule has 3 rings (SSSR count). The van der Waals surface area contributed by atoms with Gasteiger partial charge in [0.25, 0.3) is 0 Å². The number of carbonyl (C=O) groups is 1. The average Bonchev–Trinajstić information content (AvgIpc) is 2.63. The fraction of sp³-hybridized carbons (Fsp3) is 0.389. The molecule has 0 bridgehead atoms. The molecule has 25 heavy (non-hydrogen) atoms. The Hall–Kier alpha value is -2.34. The molecule has 1 fully saturated rings. The first-order valence-corrected chi connectivity index (χ1v) is 8.80. The van der Waals surface area contributed by atoms with Crippen LogP contribution in [0.25, 0.3) is 0 Å². The van der Waals surface area contributed by atoms with Gasteiger partial charge in [0.1, 0.15) is 5.82 Å². The number of anilines is 3. The van der Waals surface area contributed by atoms with Gasteiger partial charge in [-0.2, -0.15) is 4.98 Å². The van der Waals surface area contributed by atoms with Gasteiger partial charge < -0.3 is 15.1 Å². The molecule has 2 aromatic rings. The second-order valence-corrected chi connectivity index (χ2v) is 6.72. The molecule has 132 valence electrons. The maximum Gasteiger partial charge on any atom is 0.227 e. The summed E-state index contributed by atoms with van der Waals surface area (Å²) in [5.41, 5.74) is 0.807. The van der Waals surface area contributed by atoms with Crippen LogP contribution in [0, 0.1) is 5.92 Å². The van der Waals surface area contributed by atoms with Crippen molar-refractivity contribution in [2.24, 2.45) is 5.92 Å². The Morgan fingerprint density at radius 2 is 1.88 bits per heavy atom. The zero-order chi connectivity index (χ0) is 17.8. The van der Waals surface area contributed by atoms with E-state index in [1.54, 1.807) is 6.20 Å². The van der Waals surface area contributed by atoms with E-state index in [2.05, 4.69) is 20.2 Å². The summed E-state index contributed by atoms with van der Waals surface area (Å²) in [6, 6.07) is 9.35. The van der Waals surface area contributed by atoms with E-state index in [9.17, 15) is 4.79 Å². The van der Waals surface area contributed by atoms with Gasteiger partial charge in [0, 0.05) is 38.3 Å². The number of nitrogens with one attached hydrogen (secondary N) is 1. The normalized spacial score (nSPS) is 14.7.